The summed E-state index contributed by atoms with van der Waals surface area (Å²) < 4.78 is 27.5. The molecule has 0 aliphatic rings. The molecule has 7 nitrogen and oxygen atoms in total. The van der Waals surface area contributed by atoms with Crippen LogP contribution < -0.4 is 10.5 Å². The molecule has 1 aromatic carbocycles. The first-order valence-corrected chi connectivity index (χ1v) is 8.75. The van der Waals surface area contributed by atoms with Gasteiger partial charge in [-0.2, -0.15) is 0 Å². The highest BCUT2D eigenvalue weighted by Gasteiger charge is 2.27. The number of nitrogens with one attached hydrogen (secondary N) is 1. The summed E-state index contributed by atoms with van der Waals surface area (Å²) in [6.07, 6.45) is 2.33. The molecule has 1 unspecified atom stereocenters. The summed E-state index contributed by atoms with van der Waals surface area (Å²) in [5.41, 5.74) is 5.08. The van der Waals surface area contributed by atoms with Crippen LogP contribution >= 0.6 is 28.3 Å². The van der Waals surface area contributed by atoms with Gasteiger partial charge in [-0.3, -0.25) is 10.1 Å². The molecule has 0 amide bonds. The first kappa shape index (κ1) is 21.3. The maximum Gasteiger partial charge on any atom is 0.290 e. The molecule has 0 heterocycles. The lowest BCUT2D eigenvalue weighted by Gasteiger charge is -2.16. The van der Waals surface area contributed by atoms with Crippen LogP contribution in [0.15, 0.2) is 27.6 Å². The largest absolute Gasteiger partial charge is 0.329 e. The van der Waals surface area contributed by atoms with Crippen molar-refractivity contribution in [2.75, 3.05) is 6.54 Å². The highest BCUT2D eigenvalue weighted by Crippen LogP contribution is 2.27. The van der Waals surface area contributed by atoms with Crippen molar-refractivity contribution in [2.24, 2.45) is 5.73 Å². The Hall–Kier alpha value is -0.740. The van der Waals surface area contributed by atoms with E-state index in [-0.39, 0.29) is 23.8 Å². The van der Waals surface area contributed by atoms with Gasteiger partial charge in [-0.05, 0) is 18.6 Å². The minimum Gasteiger partial charge on any atom is -0.329 e. The Balaban J connectivity index is 0.00000441. The van der Waals surface area contributed by atoms with Gasteiger partial charge in [0.1, 0.15) is 0 Å². The molecule has 10 heteroatoms. The van der Waals surface area contributed by atoms with E-state index in [2.05, 4.69) is 20.7 Å². The Kier molecular flexibility index (Phi) is 9.09. The van der Waals surface area contributed by atoms with E-state index in [0.29, 0.717) is 10.9 Å². The monoisotopic (exact) mass is 415 g/mol. The summed E-state index contributed by atoms with van der Waals surface area (Å²) in [5.74, 6) is 0. The second-order valence-electron chi connectivity index (χ2n) is 4.57. The molecule has 0 fully saturated rings. The Morgan fingerprint density at radius 2 is 2.09 bits per heavy atom. The second kappa shape index (κ2) is 9.41. The van der Waals surface area contributed by atoms with Crippen molar-refractivity contribution >= 4 is 44.0 Å². The molecule has 0 aromatic heterocycles. The van der Waals surface area contributed by atoms with Gasteiger partial charge in [0.15, 0.2) is 4.90 Å². The van der Waals surface area contributed by atoms with E-state index < -0.39 is 26.7 Å². The first-order valence-electron chi connectivity index (χ1n) is 6.48. The molecular weight excluding hydrogens is 398 g/mol. The van der Waals surface area contributed by atoms with Crippen LogP contribution in [0.3, 0.4) is 0 Å². The molecule has 0 spiro atoms. The van der Waals surface area contributed by atoms with Crippen molar-refractivity contribution < 1.29 is 13.3 Å². The van der Waals surface area contributed by atoms with Crippen LogP contribution in [0.25, 0.3) is 0 Å². The molecule has 3 N–H and O–H groups in total. The lowest BCUT2D eigenvalue weighted by atomic mass is 10.1. The van der Waals surface area contributed by atoms with Gasteiger partial charge in [0.05, 0.1) is 4.92 Å². The number of nitrogens with two attached hydrogens (primary N) is 1. The van der Waals surface area contributed by atoms with E-state index in [1.807, 2.05) is 6.92 Å². The number of unbranched alkanes of at least 4 members (excludes halogenated alkanes) is 1. The number of hydrogen-bond acceptors (Lipinski definition) is 5. The van der Waals surface area contributed by atoms with Gasteiger partial charge in [0, 0.05) is 23.1 Å². The SMILES string of the molecule is CCCCC(CN)NS(=O)(=O)c1ccc(Br)cc1[N+](=O)[O-].Cl. The van der Waals surface area contributed by atoms with Crippen molar-refractivity contribution in [3.8, 4) is 0 Å². The fraction of sp³-hybridized carbons (Fsp3) is 0.500. The fourth-order valence-corrected chi connectivity index (χ4v) is 3.60. The van der Waals surface area contributed by atoms with Crippen LogP contribution in [0.4, 0.5) is 5.69 Å². The molecule has 0 bridgehead atoms. The van der Waals surface area contributed by atoms with Crippen LogP contribution in [0.2, 0.25) is 0 Å². The standard InChI is InChI=1S/C12H18BrN3O4S.ClH/c1-2-3-4-10(8-14)15-21(19,20)12-6-5-9(13)7-11(12)16(17)18;/h5-7,10,15H,2-4,8,14H2,1H3;1H. The highest BCUT2D eigenvalue weighted by molar-refractivity contribution is 9.10. The molecule has 1 aromatic rings. The molecule has 0 radical (unpaired) electrons. The van der Waals surface area contributed by atoms with E-state index in [0.717, 1.165) is 18.9 Å². The zero-order valence-corrected chi connectivity index (χ0v) is 15.2. The minimum absolute atomic E-state index is 0. The first-order chi connectivity index (χ1) is 9.81. The maximum absolute atomic E-state index is 12.3. The maximum atomic E-state index is 12.3. The topological polar surface area (TPSA) is 115 Å². The lowest BCUT2D eigenvalue weighted by molar-refractivity contribution is -0.387. The number of rotatable bonds is 8. The quantitative estimate of drug-likeness (QED) is 0.499. The number of benzene rings is 1. The summed E-state index contributed by atoms with van der Waals surface area (Å²) in [5, 5.41) is 11.0. The Morgan fingerprint density at radius 3 is 2.59 bits per heavy atom. The summed E-state index contributed by atoms with van der Waals surface area (Å²) in [4.78, 5) is 9.94. The third-order valence-electron chi connectivity index (χ3n) is 2.92. The van der Waals surface area contributed by atoms with Crippen LogP contribution in [0.5, 0.6) is 0 Å². The van der Waals surface area contributed by atoms with Crippen LogP contribution in [-0.4, -0.2) is 25.9 Å². The van der Waals surface area contributed by atoms with E-state index in [1.54, 1.807) is 0 Å². The highest BCUT2D eigenvalue weighted by atomic mass is 79.9. The zero-order chi connectivity index (χ0) is 16.0. The van der Waals surface area contributed by atoms with Gasteiger partial charge in [-0.25, -0.2) is 13.1 Å². The van der Waals surface area contributed by atoms with Gasteiger partial charge in [0.2, 0.25) is 10.0 Å². The molecule has 0 aliphatic carbocycles. The molecule has 22 heavy (non-hydrogen) atoms. The zero-order valence-electron chi connectivity index (χ0n) is 12.0. The normalized spacial score (nSPS) is 12.5. The molecule has 126 valence electrons. The Morgan fingerprint density at radius 1 is 1.45 bits per heavy atom. The minimum atomic E-state index is -3.99. The number of hydrogen-bond donors (Lipinski definition) is 2. The van der Waals surface area contributed by atoms with Crippen molar-refractivity contribution in [2.45, 2.75) is 37.1 Å². The van der Waals surface area contributed by atoms with Gasteiger partial charge in [0.25, 0.3) is 5.69 Å². The van der Waals surface area contributed by atoms with Gasteiger partial charge >= 0.3 is 0 Å². The third-order valence-corrected chi connectivity index (χ3v) is 4.98. The van der Waals surface area contributed by atoms with E-state index in [4.69, 9.17) is 5.73 Å². The number of nitrogens with zero attached hydrogens (tertiary/aromatic N) is 1. The van der Waals surface area contributed by atoms with Gasteiger partial charge in [-0.1, -0.05) is 35.7 Å². The summed E-state index contributed by atoms with van der Waals surface area (Å²) in [7, 11) is -3.99. The number of sulfonamides is 1. The van der Waals surface area contributed by atoms with E-state index >= 15 is 0 Å². The average Bonchev–Trinajstić information content (AvgIpc) is 2.42. The van der Waals surface area contributed by atoms with Crippen molar-refractivity contribution in [1.29, 1.82) is 0 Å². The van der Waals surface area contributed by atoms with Gasteiger partial charge < -0.3 is 5.73 Å². The molecular formula is C12H19BrClN3O4S. The molecule has 0 saturated heterocycles. The smallest absolute Gasteiger partial charge is 0.290 e. The Labute approximate surface area is 144 Å². The lowest BCUT2D eigenvalue weighted by Crippen LogP contribution is -2.40. The molecule has 1 atom stereocenters. The van der Waals surface area contributed by atoms with Gasteiger partial charge in [-0.15, -0.1) is 12.4 Å². The number of nitro groups is 1. The Bertz CT molecular complexity index is 612. The fourth-order valence-electron chi connectivity index (χ4n) is 1.82. The third kappa shape index (κ3) is 5.81. The van der Waals surface area contributed by atoms with E-state index in [9.17, 15) is 18.5 Å². The number of nitro benzene ring substituents is 1. The van der Waals surface area contributed by atoms with Crippen molar-refractivity contribution in [3.63, 3.8) is 0 Å². The molecule has 1 rings (SSSR count). The summed E-state index contributed by atoms with van der Waals surface area (Å²) in [6.45, 7) is 2.13. The predicted octanol–water partition coefficient (Wildman–Crippen LogP) is 2.57. The predicted molar refractivity (Wildman–Crippen MR) is 90.7 cm³/mol. The number of halogens is 2. The van der Waals surface area contributed by atoms with E-state index in [1.165, 1.54) is 12.1 Å². The average molecular weight is 417 g/mol. The van der Waals surface area contributed by atoms with Crippen LogP contribution in [0, 0.1) is 10.1 Å². The van der Waals surface area contributed by atoms with Crippen LogP contribution in [0.1, 0.15) is 26.2 Å². The van der Waals surface area contributed by atoms with Crippen molar-refractivity contribution in [1.82, 2.24) is 4.72 Å². The summed E-state index contributed by atoms with van der Waals surface area (Å²) >= 11 is 3.09. The summed E-state index contributed by atoms with van der Waals surface area (Å²) in [6, 6.07) is 3.39. The second-order valence-corrected chi connectivity index (χ2v) is 7.16. The van der Waals surface area contributed by atoms with Crippen molar-refractivity contribution in [3.05, 3.63) is 32.8 Å². The van der Waals surface area contributed by atoms with Crippen LogP contribution in [-0.2, 0) is 10.0 Å². The molecule has 0 saturated carbocycles. The molecule has 0 aliphatic heterocycles.